The van der Waals surface area contributed by atoms with E-state index in [9.17, 15) is 9.18 Å². The van der Waals surface area contributed by atoms with E-state index in [0.29, 0.717) is 36.0 Å². The van der Waals surface area contributed by atoms with Gasteiger partial charge in [0.2, 0.25) is 0 Å². The van der Waals surface area contributed by atoms with Crippen LogP contribution in [0.5, 0.6) is 0 Å². The number of hydrogen-bond acceptors (Lipinski definition) is 6. The van der Waals surface area contributed by atoms with Gasteiger partial charge in [-0.3, -0.25) is 4.79 Å². The summed E-state index contributed by atoms with van der Waals surface area (Å²) in [6.45, 7) is 6.70. The first-order valence-electron chi connectivity index (χ1n) is 10.0. The van der Waals surface area contributed by atoms with E-state index in [-0.39, 0.29) is 24.3 Å². The van der Waals surface area contributed by atoms with Crippen LogP contribution < -0.4 is 10.2 Å². The van der Waals surface area contributed by atoms with Crippen molar-refractivity contribution in [3.8, 4) is 0 Å². The van der Waals surface area contributed by atoms with Crippen LogP contribution in [0.1, 0.15) is 28.4 Å². The average Bonchev–Trinajstić information content (AvgIpc) is 2.73. The predicted molar refractivity (Wildman–Crippen MR) is 117 cm³/mol. The van der Waals surface area contributed by atoms with Crippen LogP contribution in [0, 0.1) is 12.7 Å². The third kappa shape index (κ3) is 5.50. The van der Waals surface area contributed by atoms with Gasteiger partial charge >= 0.3 is 0 Å². The van der Waals surface area contributed by atoms with Gasteiger partial charge in [0.25, 0.3) is 5.91 Å². The fourth-order valence-electron chi connectivity index (χ4n) is 3.50. The molecule has 30 heavy (non-hydrogen) atoms. The Hall–Kier alpha value is -2.16. The number of methoxy groups -OCH3 is 1. The predicted octanol–water partition coefficient (Wildman–Crippen LogP) is 3.42. The van der Waals surface area contributed by atoms with Crippen LogP contribution in [-0.4, -0.2) is 56.2 Å². The van der Waals surface area contributed by atoms with Gasteiger partial charge in [0, 0.05) is 20.2 Å². The summed E-state index contributed by atoms with van der Waals surface area (Å²) in [5, 5.41) is 3.60. The van der Waals surface area contributed by atoms with Crippen LogP contribution in [0.3, 0.4) is 0 Å². The number of aryl methyl sites for hydroxylation is 1. The molecule has 1 aliphatic heterocycles. The number of hydrogen-bond donors (Lipinski definition) is 1. The first-order chi connectivity index (χ1) is 14.5. The standard InChI is InChI=1S/C22H28FN3O3S/c1-4-30-22-20(21(27)24-12-16-6-5-7-17(23)11-16)15(2)10-19(25-22)26-8-9-29-14-18(26)13-28-3/h5-7,10-11,18H,4,8-9,12-14H2,1-3H3,(H,24,27)/t18-/m0/s1. The van der Waals surface area contributed by atoms with Gasteiger partial charge in [-0.05, 0) is 42.0 Å². The second kappa shape index (κ2) is 10.7. The monoisotopic (exact) mass is 433 g/mol. The van der Waals surface area contributed by atoms with E-state index < -0.39 is 0 Å². The number of carbonyl (C=O) groups excluding carboxylic acids is 1. The lowest BCUT2D eigenvalue weighted by Crippen LogP contribution is -2.48. The Labute approximate surface area is 181 Å². The molecule has 162 valence electrons. The van der Waals surface area contributed by atoms with Crippen molar-refractivity contribution in [2.24, 2.45) is 0 Å². The number of amides is 1. The lowest BCUT2D eigenvalue weighted by atomic mass is 10.1. The minimum atomic E-state index is -0.317. The SMILES string of the molecule is CCSc1nc(N2CCOC[C@@H]2COC)cc(C)c1C(=O)NCc1cccc(F)c1. The van der Waals surface area contributed by atoms with E-state index in [2.05, 4.69) is 10.2 Å². The molecule has 2 aromatic rings. The molecular weight excluding hydrogens is 405 g/mol. The van der Waals surface area contributed by atoms with E-state index in [1.54, 1.807) is 31.0 Å². The highest BCUT2D eigenvalue weighted by Crippen LogP contribution is 2.29. The second-order valence-electron chi connectivity index (χ2n) is 7.10. The number of rotatable bonds is 8. The Morgan fingerprint density at radius 2 is 2.27 bits per heavy atom. The van der Waals surface area contributed by atoms with E-state index in [0.717, 1.165) is 23.7 Å². The molecule has 0 radical (unpaired) electrons. The molecule has 2 heterocycles. The number of morpholine rings is 1. The molecule has 8 heteroatoms. The van der Waals surface area contributed by atoms with Crippen LogP contribution in [0.2, 0.25) is 0 Å². The van der Waals surface area contributed by atoms with E-state index in [1.165, 1.54) is 12.1 Å². The number of ether oxygens (including phenoxy) is 2. The smallest absolute Gasteiger partial charge is 0.254 e. The van der Waals surface area contributed by atoms with E-state index in [4.69, 9.17) is 14.5 Å². The van der Waals surface area contributed by atoms with Crippen molar-refractivity contribution in [2.75, 3.05) is 44.1 Å². The molecule has 1 aliphatic rings. The topological polar surface area (TPSA) is 63.7 Å². The normalized spacial score (nSPS) is 16.5. The maximum absolute atomic E-state index is 13.4. The lowest BCUT2D eigenvalue weighted by Gasteiger charge is -2.36. The second-order valence-corrected chi connectivity index (χ2v) is 8.35. The first kappa shape index (κ1) is 22.5. The molecule has 1 amide bonds. The molecule has 1 atom stereocenters. The Kier molecular flexibility index (Phi) is 8.07. The number of benzene rings is 1. The summed E-state index contributed by atoms with van der Waals surface area (Å²) in [6, 6.07) is 8.26. The van der Waals surface area contributed by atoms with Gasteiger partial charge in [0.15, 0.2) is 0 Å². The molecule has 0 saturated carbocycles. The highest BCUT2D eigenvalue weighted by molar-refractivity contribution is 7.99. The van der Waals surface area contributed by atoms with Crippen molar-refractivity contribution in [1.82, 2.24) is 10.3 Å². The van der Waals surface area contributed by atoms with Crippen molar-refractivity contribution in [3.05, 3.63) is 52.8 Å². The summed E-state index contributed by atoms with van der Waals surface area (Å²) in [7, 11) is 1.68. The van der Waals surface area contributed by atoms with Crippen LogP contribution in [-0.2, 0) is 16.0 Å². The van der Waals surface area contributed by atoms with Crippen molar-refractivity contribution < 1.29 is 18.7 Å². The molecule has 3 rings (SSSR count). The average molecular weight is 434 g/mol. The molecule has 1 saturated heterocycles. The molecule has 6 nitrogen and oxygen atoms in total. The molecule has 1 fully saturated rings. The van der Waals surface area contributed by atoms with Crippen LogP contribution in [0.4, 0.5) is 10.2 Å². The first-order valence-corrected chi connectivity index (χ1v) is 11.0. The summed E-state index contributed by atoms with van der Waals surface area (Å²) < 4.78 is 24.3. The lowest BCUT2D eigenvalue weighted by molar-refractivity contribution is 0.0597. The number of nitrogens with one attached hydrogen (secondary N) is 1. The Morgan fingerprint density at radius 1 is 1.43 bits per heavy atom. The van der Waals surface area contributed by atoms with Gasteiger partial charge in [-0.15, -0.1) is 11.8 Å². The van der Waals surface area contributed by atoms with E-state index >= 15 is 0 Å². The van der Waals surface area contributed by atoms with Crippen LogP contribution in [0.15, 0.2) is 35.4 Å². The molecule has 1 N–H and O–H groups in total. The molecular formula is C22H28FN3O3S. The van der Waals surface area contributed by atoms with Crippen LogP contribution >= 0.6 is 11.8 Å². The third-order valence-electron chi connectivity index (χ3n) is 4.90. The molecule has 1 aromatic carbocycles. The number of aromatic nitrogens is 1. The molecule has 0 unspecified atom stereocenters. The summed E-state index contributed by atoms with van der Waals surface area (Å²) in [5.74, 6) is 1.10. The molecule has 0 spiro atoms. The van der Waals surface area contributed by atoms with Crippen molar-refractivity contribution in [3.63, 3.8) is 0 Å². The summed E-state index contributed by atoms with van der Waals surface area (Å²) >= 11 is 1.54. The quantitative estimate of drug-likeness (QED) is 0.644. The third-order valence-corrected chi connectivity index (χ3v) is 5.76. The summed E-state index contributed by atoms with van der Waals surface area (Å²) in [5.41, 5.74) is 2.14. The number of halogens is 1. The van der Waals surface area contributed by atoms with Crippen molar-refractivity contribution in [2.45, 2.75) is 31.5 Å². The summed E-state index contributed by atoms with van der Waals surface area (Å²) in [6.07, 6.45) is 0. The van der Waals surface area contributed by atoms with Gasteiger partial charge in [-0.25, -0.2) is 9.37 Å². The maximum Gasteiger partial charge on any atom is 0.254 e. The highest BCUT2D eigenvalue weighted by atomic mass is 32.2. The number of nitrogens with zero attached hydrogens (tertiary/aromatic N) is 2. The van der Waals surface area contributed by atoms with Gasteiger partial charge in [-0.1, -0.05) is 19.1 Å². The molecule has 1 aromatic heterocycles. The summed E-state index contributed by atoms with van der Waals surface area (Å²) in [4.78, 5) is 20.0. The zero-order valence-corrected chi connectivity index (χ0v) is 18.4. The Morgan fingerprint density at radius 3 is 3.00 bits per heavy atom. The van der Waals surface area contributed by atoms with Gasteiger partial charge in [0.1, 0.15) is 16.7 Å². The van der Waals surface area contributed by atoms with Crippen LogP contribution in [0.25, 0.3) is 0 Å². The zero-order chi connectivity index (χ0) is 21.5. The zero-order valence-electron chi connectivity index (χ0n) is 17.6. The Balaban J connectivity index is 1.84. The Bertz CT molecular complexity index is 879. The fraction of sp³-hybridized carbons (Fsp3) is 0.455. The largest absolute Gasteiger partial charge is 0.382 e. The van der Waals surface area contributed by atoms with Crippen molar-refractivity contribution >= 4 is 23.5 Å². The van der Waals surface area contributed by atoms with Gasteiger partial charge in [-0.2, -0.15) is 0 Å². The highest BCUT2D eigenvalue weighted by Gasteiger charge is 2.26. The number of carbonyl (C=O) groups is 1. The molecule has 0 aliphatic carbocycles. The molecule has 0 bridgehead atoms. The van der Waals surface area contributed by atoms with Gasteiger partial charge < -0.3 is 19.7 Å². The van der Waals surface area contributed by atoms with E-state index in [1.807, 2.05) is 19.9 Å². The number of anilines is 1. The fourth-order valence-corrected chi connectivity index (χ4v) is 4.33. The number of pyridine rings is 1. The minimum absolute atomic E-state index is 0.0859. The van der Waals surface area contributed by atoms with Gasteiger partial charge in [0.05, 0.1) is 31.4 Å². The van der Waals surface area contributed by atoms with Crippen molar-refractivity contribution in [1.29, 1.82) is 0 Å². The minimum Gasteiger partial charge on any atom is -0.382 e. The maximum atomic E-state index is 13.4. The number of thioether (sulfide) groups is 1.